The highest BCUT2D eigenvalue weighted by Crippen LogP contribution is 2.36. The molecule has 0 aliphatic heterocycles. The van der Waals surface area contributed by atoms with Gasteiger partial charge in [-0.1, -0.05) is 6.92 Å². The van der Waals surface area contributed by atoms with E-state index in [2.05, 4.69) is 37.2 Å². The van der Waals surface area contributed by atoms with Crippen LogP contribution in [0.5, 0.6) is 0 Å². The number of aliphatic hydroxyl groups is 1. The fourth-order valence-electron chi connectivity index (χ4n) is 1.19. The van der Waals surface area contributed by atoms with Crippen LogP contribution in [0.25, 0.3) is 0 Å². The summed E-state index contributed by atoms with van der Waals surface area (Å²) in [6.45, 7) is 4.88. The van der Waals surface area contributed by atoms with Crippen LogP contribution in [0.15, 0.2) is 14.3 Å². The monoisotopic (exact) mass is 341 g/mol. The first kappa shape index (κ1) is 12.6. The maximum absolute atomic E-state index is 9.96. The van der Waals surface area contributed by atoms with Crippen LogP contribution in [0.4, 0.5) is 0 Å². The average molecular weight is 343 g/mol. The zero-order chi connectivity index (χ0) is 10.7. The van der Waals surface area contributed by atoms with Crippen LogP contribution in [0.3, 0.4) is 0 Å². The number of aliphatic hydroxyl groups excluding tert-OH is 1. The molecule has 5 heteroatoms. The van der Waals surface area contributed by atoms with Crippen LogP contribution in [-0.2, 0) is 0 Å². The topological polar surface area (TPSA) is 32.3 Å². The van der Waals surface area contributed by atoms with Gasteiger partial charge in [0.2, 0.25) is 0 Å². The maximum atomic E-state index is 9.96. The van der Waals surface area contributed by atoms with Gasteiger partial charge in [-0.05, 0) is 51.4 Å². The SMILES string of the molecule is CCNC(C)C(O)c1cc(Br)c(Br)s1. The summed E-state index contributed by atoms with van der Waals surface area (Å²) >= 11 is 8.37. The van der Waals surface area contributed by atoms with Crippen LogP contribution in [0.2, 0.25) is 0 Å². The molecular weight excluding hydrogens is 330 g/mol. The number of hydrogen-bond acceptors (Lipinski definition) is 3. The Bertz CT molecular complexity index is 284. The van der Waals surface area contributed by atoms with Crippen molar-refractivity contribution in [3.63, 3.8) is 0 Å². The molecule has 0 aliphatic rings. The Labute approximate surface area is 105 Å². The van der Waals surface area contributed by atoms with E-state index in [1.54, 1.807) is 11.3 Å². The molecule has 0 fully saturated rings. The number of likely N-dealkylation sites (N-methyl/N-ethyl adjacent to an activating group) is 1. The van der Waals surface area contributed by atoms with Gasteiger partial charge in [-0.15, -0.1) is 11.3 Å². The van der Waals surface area contributed by atoms with Gasteiger partial charge in [0.1, 0.15) is 6.10 Å². The van der Waals surface area contributed by atoms with Crippen molar-refractivity contribution in [3.8, 4) is 0 Å². The molecule has 2 N–H and O–H groups in total. The van der Waals surface area contributed by atoms with Crippen LogP contribution >= 0.6 is 43.2 Å². The van der Waals surface area contributed by atoms with Crippen molar-refractivity contribution in [1.82, 2.24) is 5.32 Å². The summed E-state index contributed by atoms with van der Waals surface area (Å²) in [5.74, 6) is 0. The van der Waals surface area contributed by atoms with Crippen molar-refractivity contribution < 1.29 is 5.11 Å². The standard InChI is InChI=1S/C9H13Br2NOS/c1-3-12-5(2)8(13)7-4-6(10)9(11)14-7/h4-5,8,12-13H,3H2,1-2H3. The lowest BCUT2D eigenvalue weighted by molar-refractivity contribution is 0.140. The molecule has 80 valence electrons. The van der Waals surface area contributed by atoms with Crippen LogP contribution in [0.1, 0.15) is 24.8 Å². The summed E-state index contributed by atoms with van der Waals surface area (Å²) < 4.78 is 2.02. The quantitative estimate of drug-likeness (QED) is 0.879. The number of thiophene rings is 1. The number of hydrogen-bond donors (Lipinski definition) is 2. The summed E-state index contributed by atoms with van der Waals surface area (Å²) in [6, 6.07) is 2.03. The van der Waals surface area contributed by atoms with Crippen molar-refractivity contribution in [1.29, 1.82) is 0 Å². The number of rotatable bonds is 4. The lowest BCUT2D eigenvalue weighted by Crippen LogP contribution is -2.31. The molecule has 14 heavy (non-hydrogen) atoms. The van der Waals surface area contributed by atoms with Gasteiger partial charge in [0.25, 0.3) is 0 Å². The first-order valence-corrected chi connectivity index (χ1v) is 6.82. The second-order valence-electron chi connectivity index (χ2n) is 3.06. The molecule has 0 bridgehead atoms. The molecule has 0 spiro atoms. The van der Waals surface area contributed by atoms with E-state index < -0.39 is 6.10 Å². The van der Waals surface area contributed by atoms with Gasteiger partial charge >= 0.3 is 0 Å². The van der Waals surface area contributed by atoms with E-state index in [4.69, 9.17) is 0 Å². The minimum atomic E-state index is -0.442. The molecule has 0 amide bonds. The van der Waals surface area contributed by atoms with Crippen LogP contribution in [0, 0.1) is 0 Å². The first-order chi connectivity index (χ1) is 6.56. The predicted molar refractivity (Wildman–Crippen MR) is 67.8 cm³/mol. The molecule has 1 rings (SSSR count). The van der Waals surface area contributed by atoms with Crippen LogP contribution in [-0.4, -0.2) is 17.7 Å². The summed E-state index contributed by atoms with van der Waals surface area (Å²) in [4.78, 5) is 0.970. The molecule has 0 saturated carbocycles. The van der Waals surface area contributed by atoms with Gasteiger partial charge in [-0.25, -0.2) is 0 Å². The molecule has 2 atom stereocenters. The summed E-state index contributed by atoms with van der Waals surface area (Å²) in [6.07, 6.45) is -0.442. The van der Waals surface area contributed by atoms with E-state index in [1.807, 2.05) is 19.9 Å². The second-order valence-corrected chi connectivity index (χ2v) is 6.32. The van der Waals surface area contributed by atoms with E-state index >= 15 is 0 Å². The minimum Gasteiger partial charge on any atom is -0.386 e. The second kappa shape index (κ2) is 5.61. The Balaban J connectivity index is 2.73. The zero-order valence-corrected chi connectivity index (χ0v) is 12.0. The maximum Gasteiger partial charge on any atom is 0.103 e. The van der Waals surface area contributed by atoms with Gasteiger partial charge in [0.15, 0.2) is 0 Å². The Hall–Kier alpha value is 0.580. The molecule has 0 radical (unpaired) electrons. The third-order valence-electron chi connectivity index (χ3n) is 1.96. The summed E-state index contributed by atoms with van der Waals surface area (Å²) in [5, 5.41) is 13.2. The Kier molecular flexibility index (Phi) is 5.06. The first-order valence-electron chi connectivity index (χ1n) is 4.42. The van der Waals surface area contributed by atoms with Crippen molar-refractivity contribution in [3.05, 3.63) is 19.2 Å². The van der Waals surface area contributed by atoms with E-state index in [0.29, 0.717) is 0 Å². The fourth-order valence-corrected chi connectivity index (χ4v) is 3.37. The molecule has 2 nitrogen and oxygen atoms in total. The molecule has 0 saturated heterocycles. The number of halogens is 2. The molecule has 1 aromatic heterocycles. The molecular formula is C9H13Br2NOS. The Morgan fingerprint density at radius 3 is 2.64 bits per heavy atom. The lowest BCUT2D eigenvalue weighted by Gasteiger charge is -2.17. The van der Waals surface area contributed by atoms with Crippen molar-refractivity contribution in [2.75, 3.05) is 6.54 Å². The Morgan fingerprint density at radius 2 is 2.21 bits per heavy atom. The summed E-state index contributed by atoms with van der Waals surface area (Å²) in [5.41, 5.74) is 0. The van der Waals surface area contributed by atoms with Gasteiger partial charge < -0.3 is 10.4 Å². The Morgan fingerprint density at radius 1 is 1.57 bits per heavy atom. The van der Waals surface area contributed by atoms with E-state index in [1.165, 1.54) is 0 Å². The van der Waals surface area contributed by atoms with E-state index in [0.717, 1.165) is 19.7 Å². The third kappa shape index (κ3) is 3.03. The highest BCUT2D eigenvalue weighted by atomic mass is 79.9. The highest BCUT2D eigenvalue weighted by Gasteiger charge is 2.18. The lowest BCUT2D eigenvalue weighted by atomic mass is 10.1. The normalized spacial score (nSPS) is 15.5. The minimum absolute atomic E-state index is 0.0810. The van der Waals surface area contributed by atoms with Crippen molar-refractivity contribution in [2.24, 2.45) is 0 Å². The van der Waals surface area contributed by atoms with Gasteiger partial charge in [0, 0.05) is 15.4 Å². The third-order valence-corrected chi connectivity index (χ3v) is 5.28. The van der Waals surface area contributed by atoms with Crippen molar-refractivity contribution >= 4 is 43.2 Å². The molecule has 1 aromatic rings. The fraction of sp³-hybridized carbons (Fsp3) is 0.556. The number of nitrogens with one attached hydrogen (secondary N) is 1. The molecule has 0 aliphatic carbocycles. The van der Waals surface area contributed by atoms with E-state index in [9.17, 15) is 5.11 Å². The van der Waals surface area contributed by atoms with Gasteiger partial charge in [-0.2, -0.15) is 0 Å². The largest absolute Gasteiger partial charge is 0.386 e. The van der Waals surface area contributed by atoms with Crippen molar-refractivity contribution in [2.45, 2.75) is 26.0 Å². The average Bonchev–Trinajstić information content (AvgIpc) is 2.46. The summed E-state index contributed by atoms with van der Waals surface area (Å²) in [7, 11) is 0. The molecule has 2 unspecified atom stereocenters. The molecule has 1 heterocycles. The predicted octanol–water partition coefficient (Wildman–Crippen LogP) is 3.30. The zero-order valence-electron chi connectivity index (χ0n) is 8.05. The molecule has 0 aromatic carbocycles. The van der Waals surface area contributed by atoms with Gasteiger partial charge in [-0.3, -0.25) is 0 Å². The smallest absolute Gasteiger partial charge is 0.103 e. The van der Waals surface area contributed by atoms with E-state index in [-0.39, 0.29) is 6.04 Å². The van der Waals surface area contributed by atoms with Crippen LogP contribution < -0.4 is 5.32 Å². The van der Waals surface area contributed by atoms with Gasteiger partial charge in [0.05, 0.1) is 3.79 Å². The highest BCUT2D eigenvalue weighted by molar-refractivity contribution is 9.13.